The van der Waals surface area contributed by atoms with Gasteiger partial charge in [0.2, 0.25) is 0 Å². The average Bonchev–Trinajstić information content (AvgIpc) is 3.16. The molecule has 1 atom stereocenters. The molecule has 0 fully saturated rings. The number of benzene rings is 1. The second-order valence-electron chi connectivity index (χ2n) is 5.84. The Labute approximate surface area is 146 Å². The third kappa shape index (κ3) is 3.17. The highest BCUT2D eigenvalue weighted by atomic mass is 35.5. The molecule has 1 amide bonds. The van der Waals surface area contributed by atoms with Gasteiger partial charge in [-0.05, 0) is 30.5 Å². The molecule has 5 nitrogen and oxygen atoms in total. The smallest absolute Gasteiger partial charge is 0.289 e. The van der Waals surface area contributed by atoms with E-state index in [4.69, 9.17) is 11.6 Å². The SMILES string of the molecule is CCC1=C(O)C(=O)N(CCCn2ccnc2)C1c1cccc(Cl)c1. The number of aliphatic hydroxyl groups is 1. The molecular weight excluding hydrogens is 326 g/mol. The number of aliphatic hydroxyl groups excluding tert-OH is 1. The first-order chi connectivity index (χ1) is 11.6. The molecule has 24 heavy (non-hydrogen) atoms. The Kier molecular flexibility index (Phi) is 4.90. The van der Waals surface area contributed by atoms with Crippen molar-refractivity contribution in [3.8, 4) is 0 Å². The first-order valence-corrected chi connectivity index (χ1v) is 8.43. The fourth-order valence-electron chi connectivity index (χ4n) is 3.20. The van der Waals surface area contributed by atoms with Crippen molar-refractivity contribution in [2.24, 2.45) is 0 Å². The number of carbonyl (C=O) groups is 1. The van der Waals surface area contributed by atoms with Gasteiger partial charge in [-0.3, -0.25) is 4.79 Å². The second kappa shape index (κ2) is 7.09. The Hall–Kier alpha value is -2.27. The van der Waals surface area contributed by atoms with Crippen LogP contribution in [-0.2, 0) is 11.3 Å². The van der Waals surface area contributed by atoms with E-state index in [1.807, 2.05) is 35.9 Å². The Morgan fingerprint density at radius 3 is 2.83 bits per heavy atom. The van der Waals surface area contributed by atoms with Gasteiger partial charge in [-0.2, -0.15) is 0 Å². The lowest BCUT2D eigenvalue weighted by atomic mass is 9.97. The zero-order valence-electron chi connectivity index (χ0n) is 13.5. The molecule has 1 aromatic carbocycles. The summed E-state index contributed by atoms with van der Waals surface area (Å²) in [5, 5.41) is 10.9. The molecular formula is C18H20ClN3O2. The van der Waals surface area contributed by atoms with Crippen LogP contribution in [0.25, 0.3) is 0 Å². The van der Waals surface area contributed by atoms with Crippen molar-refractivity contribution in [3.63, 3.8) is 0 Å². The van der Waals surface area contributed by atoms with Crippen molar-refractivity contribution in [1.82, 2.24) is 14.5 Å². The van der Waals surface area contributed by atoms with E-state index in [1.165, 1.54) is 0 Å². The van der Waals surface area contributed by atoms with E-state index in [-0.39, 0.29) is 17.7 Å². The molecule has 1 aliphatic heterocycles. The average molecular weight is 346 g/mol. The van der Waals surface area contributed by atoms with Crippen molar-refractivity contribution < 1.29 is 9.90 Å². The van der Waals surface area contributed by atoms with Crippen LogP contribution in [-0.4, -0.2) is 32.0 Å². The molecule has 0 saturated heterocycles. The van der Waals surface area contributed by atoms with E-state index >= 15 is 0 Å². The normalized spacial score (nSPS) is 17.8. The summed E-state index contributed by atoms with van der Waals surface area (Å²) in [5.74, 6) is -0.424. The van der Waals surface area contributed by atoms with Crippen LogP contribution < -0.4 is 0 Å². The lowest BCUT2D eigenvalue weighted by Crippen LogP contribution is -2.32. The lowest BCUT2D eigenvalue weighted by molar-refractivity contribution is -0.129. The molecule has 0 spiro atoms. The second-order valence-corrected chi connectivity index (χ2v) is 6.27. The largest absolute Gasteiger partial charge is 0.503 e. The van der Waals surface area contributed by atoms with Crippen LogP contribution in [0.5, 0.6) is 0 Å². The highest BCUT2D eigenvalue weighted by Crippen LogP contribution is 2.39. The van der Waals surface area contributed by atoms with Gasteiger partial charge in [-0.15, -0.1) is 0 Å². The molecule has 0 bridgehead atoms. The summed E-state index contributed by atoms with van der Waals surface area (Å²) in [7, 11) is 0. The number of rotatable bonds is 6. The van der Waals surface area contributed by atoms with Gasteiger partial charge in [-0.1, -0.05) is 30.7 Å². The van der Waals surface area contributed by atoms with Crippen LogP contribution in [0.3, 0.4) is 0 Å². The summed E-state index contributed by atoms with van der Waals surface area (Å²) in [6.07, 6.45) is 6.79. The lowest BCUT2D eigenvalue weighted by Gasteiger charge is -2.27. The van der Waals surface area contributed by atoms with Gasteiger partial charge in [0.15, 0.2) is 5.76 Å². The van der Waals surface area contributed by atoms with Crippen LogP contribution in [0.4, 0.5) is 0 Å². The Bertz CT molecular complexity index is 755. The maximum atomic E-state index is 12.5. The number of amides is 1. The number of aryl methyl sites for hydroxylation is 1. The minimum absolute atomic E-state index is 0.120. The number of carbonyl (C=O) groups excluding carboxylic acids is 1. The van der Waals surface area contributed by atoms with Gasteiger partial charge in [0.05, 0.1) is 12.4 Å². The minimum atomic E-state index is -0.303. The van der Waals surface area contributed by atoms with Gasteiger partial charge >= 0.3 is 0 Å². The molecule has 2 heterocycles. The monoisotopic (exact) mass is 345 g/mol. The van der Waals surface area contributed by atoms with Gasteiger partial charge in [0.25, 0.3) is 5.91 Å². The third-order valence-corrected chi connectivity index (χ3v) is 4.56. The Balaban J connectivity index is 1.81. The van der Waals surface area contributed by atoms with Gasteiger partial charge < -0.3 is 14.6 Å². The summed E-state index contributed by atoms with van der Waals surface area (Å²) in [5.41, 5.74) is 1.68. The quantitative estimate of drug-likeness (QED) is 0.867. The fourth-order valence-corrected chi connectivity index (χ4v) is 3.40. The van der Waals surface area contributed by atoms with Crippen molar-refractivity contribution >= 4 is 17.5 Å². The summed E-state index contributed by atoms with van der Waals surface area (Å²) in [6.45, 7) is 3.28. The van der Waals surface area contributed by atoms with Crippen LogP contribution in [0, 0.1) is 0 Å². The van der Waals surface area contributed by atoms with Crippen LogP contribution in [0.1, 0.15) is 31.4 Å². The molecule has 0 aliphatic carbocycles. The molecule has 1 unspecified atom stereocenters. The number of imidazole rings is 1. The third-order valence-electron chi connectivity index (χ3n) is 4.33. The van der Waals surface area contributed by atoms with Gasteiger partial charge in [0, 0.05) is 36.1 Å². The maximum absolute atomic E-state index is 12.5. The summed E-state index contributed by atoms with van der Waals surface area (Å²) >= 11 is 6.11. The topological polar surface area (TPSA) is 58.4 Å². The number of halogens is 1. The fraction of sp³-hybridized carbons (Fsp3) is 0.333. The highest BCUT2D eigenvalue weighted by molar-refractivity contribution is 6.30. The van der Waals surface area contributed by atoms with Crippen molar-refractivity contribution in [1.29, 1.82) is 0 Å². The molecule has 0 radical (unpaired) electrons. The first kappa shape index (κ1) is 16.6. The van der Waals surface area contributed by atoms with E-state index in [2.05, 4.69) is 4.98 Å². The van der Waals surface area contributed by atoms with E-state index < -0.39 is 0 Å². The van der Waals surface area contributed by atoms with E-state index in [0.717, 1.165) is 24.1 Å². The Morgan fingerprint density at radius 1 is 1.33 bits per heavy atom. The van der Waals surface area contributed by atoms with Crippen LogP contribution in [0.15, 0.2) is 54.3 Å². The van der Waals surface area contributed by atoms with Crippen molar-refractivity contribution in [2.75, 3.05) is 6.54 Å². The predicted octanol–water partition coefficient (Wildman–Crippen LogP) is 3.73. The number of hydrogen-bond acceptors (Lipinski definition) is 3. The molecule has 3 rings (SSSR count). The molecule has 6 heteroatoms. The Morgan fingerprint density at radius 2 is 2.17 bits per heavy atom. The predicted molar refractivity (Wildman–Crippen MR) is 92.7 cm³/mol. The molecule has 1 N–H and O–H groups in total. The highest BCUT2D eigenvalue weighted by Gasteiger charge is 2.38. The molecule has 126 valence electrons. The number of nitrogens with zero attached hydrogens (tertiary/aromatic N) is 3. The van der Waals surface area contributed by atoms with Crippen LogP contribution in [0.2, 0.25) is 5.02 Å². The molecule has 0 saturated carbocycles. The number of hydrogen-bond donors (Lipinski definition) is 1. The first-order valence-electron chi connectivity index (χ1n) is 8.06. The molecule has 1 aromatic heterocycles. The zero-order valence-corrected chi connectivity index (χ0v) is 14.3. The summed E-state index contributed by atoms with van der Waals surface area (Å²) < 4.78 is 1.98. The molecule has 1 aliphatic rings. The maximum Gasteiger partial charge on any atom is 0.289 e. The standard InChI is InChI=1S/C18H20ClN3O2/c1-2-15-16(13-5-3-6-14(19)11-13)22(18(24)17(15)23)9-4-8-21-10-7-20-12-21/h3,5-7,10-12,16,23H,2,4,8-9H2,1H3. The van der Waals surface area contributed by atoms with Crippen LogP contribution >= 0.6 is 11.6 Å². The van der Waals surface area contributed by atoms with Gasteiger partial charge in [-0.25, -0.2) is 4.98 Å². The van der Waals surface area contributed by atoms with E-state index in [1.54, 1.807) is 23.5 Å². The van der Waals surface area contributed by atoms with Crippen molar-refractivity contribution in [3.05, 3.63) is 64.9 Å². The zero-order chi connectivity index (χ0) is 17.1. The van der Waals surface area contributed by atoms with E-state index in [9.17, 15) is 9.90 Å². The number of aromatic nitrogens is 2. The van der Waals surface area contributed by atoms with Crippen molar-refractivity contribution in [2.45, 2.75) is 32.4 Å². The minimum Gasteiger partial charge on any atom is -0.503 e. The molecule has 2 aromatic rings. The van der Waals surface area contributed by atoms with Gasteiger partial charge in [0.1, 0.15) is 0 Å². The van der Waals surface area contributed by atoms with E-state index in [0.29, 0.717) is 18.0 Å². The summed E-state index contributed by atoms with van der Waals surface area (Å²) in [4.78, 5) is 18.3. The summed E-state index contributed by atoms with van der Waals surface area (Å²) in [6, 6.07) is 7.23.